The molecule has 0 fully saturated rings. The van der Waals surface area contributed by atoms with Crippen molar-refractivity contribution in [2.24, 2.45) is 3.67 Å². The summed E-state index contributed by atoms with van der Waals surface area (Å²) in [6.45, 7) is 0. The van der Waals surface area contributed by atoms with E-state index in [0.29, 0.717) is 0 Å². The molecule has 4 heteroatoms. The molecule has 0 aliphatic heterocycles. The molecule has 0 unspecified atom stereocenters. The molecule has 0 atom stereocenters. The fourth-order valence-corrected chi connectivity index (χ4v) is 0. The van der Waals surface area contributed by atoms with Gasteiger partial charge in [0.25, 0.3) is 0 Å². The summed E-state index contributed by atoms with van der Waals surface area (Å²) in [5, 5.41) is 0. The molecule has 0 N–H and O–H groups in total. The van der Waals surface area contributed by atoms with Crippen molar-refractivity contribution in [3.05, 3.63) is 10.4 Å². The number of hydrogen-bond donors (Lipinski definition) is 0. The van der Waals surface area contributed by atoms with E-state index in [2.05, 4.69) is 8.58 Å². The van der Waals surface area contributed by atoms with Crippen LogP contribution in [0.25, 0.3) is 10.4 Å². The van der Waals surface area contributed by atoms with E-state index >= 15 is 0 Å². The van der Waals surface area contributed by atoms with Gasteiger partial charge in [-0.25, -0.2) is 0 Å². The Labute approximate surface area is 34.8 Å². The first-order chi connectivity index (χ1) is 1.91. The van der Waals surface area contributed by atoms with Crippen molar-refractivity contribution >= 4 is 0 Å². The van der Waals surface area contributed by atoms with E-state index in [9.17, 15) is 0 Å². The van der Waals surface area contributed by atoms with E-state index in [0.717, 1.165) is 20.1 Å². The van der Waals surface area contributed by atoms with Crippen LogP contribution >= 0.6 is 0 Å². The summed E-state index contributed by atoms with van der Waals surface area (Å²) in [5.41, 5.74) is 7.35. The van der Waals surface area contributed by atoms with Crippen molar-refractivity contribution in [3.8, 4) is 0 Å². The van der Waals surface area contributed by atoms with Crippen molar-refractivity contribution in [2.45, 2.75) is 0 Å². The van der Waals surface area contributed by atoms with Gasteiger partial charge in [-0.2, -0.15) is 0 Å². The standard InChI is InChI=1S/N3.W/c1-3-2;/q-1;+1. The average Bonchev–Trinajstić information content (AvgIpc) is 1.37. The molecule has 0 rings (SSSR count). The molecule has 0 aromatic carbocycles. The van der Waals surface area contributed by atoms with E-state index in [-0.39, 0.29) is 0 Å². The van der Waals surface area contributed by atoms with Crippen LogP contribution in [0.15, 0.2) is 3.67 Å². The molecule has 0 aliphatic rings. The quantitative estimate of drug-likeness (QED) is 0.332. The molecule has 0 aliphatic carbocycles. The van der Waals surface area contributed by atoms with Crippen LogP contribution in [0.5, 0.6) is 0 Å². The van der Waals surface area contributed by atoms with Gasteiger partial charge >= 0.3 is 34.2 Å². The summed E-state index contributed by atoms with van der Waals surface area (Å²) in [4.78, 5) is 2.40. The fraction of sp³-hybridized carbons (Fsp3) is 0. The van der Waals surface area contributed by atoms with Gasteiger partial charge in [0.2, 0.25) is 0 Å². The molecule has 0 spiro atoms. The zero-order chi connectivity index (χ0) is 3.41. The Morgan fingerprint density at radius 2 is 2.25 bits per heavy atom. The van der Waals surface area contributed by atoms with Crippen LogP contribution in [0.4, 0.5) is 0 Å². The third-order valence-corrected chi connectivity index (χ3v) is 0.299. The van der Waals surface area contributed by atoms with Gasteiger partial charge in [-0.15, -0.1) is 0 Å². The fourth-order valence-electron chi connectivity index (χ4n) is 0. The Hall–Kier alpha value is -0.00169. The molecular weight excluding hydrogens is 226 g/mol. The van der Waals surface area contributed by atoms with Crippen LogP contribution in [0.1, 0.15) is 0 Å². The summed E-state index contributed by atoms with van der Waals surface area (Å²) in [6.07, 6.45) is 0. The molecule has 0 bridgehead atoms. The summed E-state index contributed by atoms with van der Waals surface area (Å²) in [7, 11) is 0. The molecule has 0 amide bonds. The maximum atomic E-state index is 7.35. The van der Waals surface area contributed by atoms with Gasteiger partial charge in [-0.1, -0.05) is 0 Å². The number of hydrogen-bond acceptors (Lipinski definition) is 1. The Morgan fingerprint density at radius 1 is 2.00 bits per heavy atom. The predicted molar refractivity (Wildman–Crippen MR) is 9.15 cm³/mol. The van der Waals surface area contributed by atoms with Gasteiger partial charge in [0, 0.05) is 0 Å². The Morgan fingerprint density at radius 3 is 2.25 bits per heavy atom. The van der Waals surface area contributed by atoms with Gasteiger partial charge in [0.1, 0.15) is 0 Å². The zero-order valence-corrected chi connectivity index (χ0v) is 4.68. The van der Waals surface area contributed by atoms with Gasteiger partial charge in [0.05, 0.1) is 0 Å². The summed E-state index contributed by atoms with van der Waals surface area (Å²) < 4.78 is 3.00. The van der Waals surface area contributed by atoms with Gasteiger partial charge in [-0.05, 0) is 0 Å². The van der Waals surface area contributed by atoms with Crippen molar-refractivity contribution in [2.75, 3.05) is 0 Å². The third-order valence-electron chi connectivity index (χ3n) is 0.0365. The molecule has 21 valence electrons. The first-order valence-corrected chi connectivity index (χ1v) is 1.89. The van der Waals surface area contributed by atoms with Gasteiger partial charge < -0.3 is 0 Å². The van der Waals surface area contributed by atoms with Gasteiger partial charge in [-0.3, -0.25) is 0 Å². The molecule has 0 saturated heterocycles. The van der Waals surface area contributed by atoms with E-state index in [1.807, 2.05) is 0 Å². The molecule has 0 aromatic rings. The molecule has 0 aromatic heterocycles. The summed E-state index contributed by atoms with van der Waals surface area (Å²) in [6, 6.07) is 0. The van der Waals surface area contributed by atoms with Crippen molar-refractivity contribution < 1.29 is 20.1 Å². The van der Waals surface area contributed by atoms with Crippen molar-refractivity contribution in [1.29, 1.82) is 0 Å². The third kappa shape index (κ3) is 2.00. The SMILES string of the molecule is [N-]=[N+]=[N][W]. The number of rotatable bonds is 0. The second kappa shape index (κ2) is 3.00. The van der Waals surface area contributed by atoms with E-state index in [1.54, 1.807) is 0 Å². The second-order valence-electron chi connectivity index (χ2n) is 0.171. The first kappa shape index (κ1) is 4.00. The molecule has 0 heterocycles. The molecule has 3 nitrogen and oxygen atoms in total. The molecule has 0 saturated carbocycles. The summed E-state index contributed by atoms with van der Waals surface area (Å²) in [5.74, 6) is 0. The van der Waals surface area contributed by atoms with Crippen molar-refractivity contribution in [3.63, 3.8) is 0 Å². The van der Waals surface area contributed by atoms with Crippen molar-refractivity contribution in [1.82, 2.24) is 0 Å². The van der Waals surface area contributed by atoms with E-state index < -0.39 is 0 Å². The Balaban J connectivity index is 3.11. The minimum atomic E-state index is 0.914. The van der Waals surface area contributed by atoms with Crippen LogP contribution in [-0.4, -0.2) is 0 Å². The molecule has 4 heavy (non-hydrogen) atoms. The predicted octanol–water partition coefficient (Wildman–Crippen LogP) is 0.759. The zero-order valence-electron chi connectivity index (χ0n) is 1.75. The molecular formula is N3W. The Kier molecular flexibility index (Phi) is 3.00. The normalized spacial score (nSPS) is 4.00. The van der Waals surface area contributed by atoms with Crippen LogP contribution in [0.2, 0.25) is 0 Å². The number of nitrogens with zero attached hydrogens (tertiary/aromatic N) is 3. The van der Waals surface area contributed by atoms with Crippen LogP contribution < -0.4 is 0 Å². The van der Waals surface area contributed by atoms with Crippen LogP contribution in [0.3, 0.4) is 0 Å². The van der Waals surface area contributed by atoms with E-state index in [1.165, 1.54) is 0 Å². The molecule has 0 radical (unpaired) electrons. The van der Waals surface area contributed by atoms with Crippen LogP contribution in [-0.2, 0) is 20.1 Å². The monoisotopic (exact) mass is 226 g/mol. The van der Waals surface area contributed by atoms with Crippen LogP contribution in [0, 0.1) is 0 Å². The first-order valence-electron chi connectivity index (χ1n) is 0.583. The maximum absolute atomic E-state index is 7.35. The average molecular weight is 226 g/mol. The number of azide groups is 1. The van der Waals surface area contributed by atoms with E-state index in [4.69, 9.17) is 5.53 Å². The van der Waals surface area contributed by atoms with Gasteiger partial charge in [0.15, 0.2) is 0 Å². The minimum absolute atomic E-state index is 0.914. The summed E-state index contributed by atoms with van der Waals surface area (Å²) >= 11 is 0.914. The Bertz CT molecular complexity index is 41.2. The topological polar surface area (TPSA) is 48.8 Å². The second-order valence-corrected chi connectivity index (χ2v) is 0.758.